The van der Waals surface area contributed by atoms with Gasteiger partial charge >= 0.3 is 18.0 Å². The van der Waals surface area contributed by atoms with Crippen LogP contribution in [-0.2, 0) is 5.60 Å². The third kappa shape index (κ3) is 3.19. The fraction of sp³-hybridized carbons (Fsp3) is 0.250. The van der Waals surface area contributed by atoms with Crippen LogP contribution in [0.5, 0.6) is 0 Å². The first-order valence-corrected chi connectivity index (χ1v) is 6.84. The molecule has 1 aromatic heterocycles. The molecule has 0 aliphatic heterocycles. The van der Waals surface area contributed by atoms with Gasteiger partial charge in [-0.25, -0.2) is 0 Å². The molecule has 0 aliphatic rings. The fourth-order valence-electron chi connectivity index (χ4n) is 1.58. The molecule has 0 saturated heterocycles. The highest BCUT2D eigenvalue weighted by atomic mass is 32.1. The molecule has 0 bridgehead atoms. The van der Waals surface area contributed by atoms with E-state index in [-0.39, 0.29) is 16.9 Å². The van der Waals surface area contributed by atoms with Crippen molar-refractivity contribution in [3.63, 3.8) is 0 Å². The van der Waals surface area contributed by atoms with Gasteiger partial charge in [0.2, 0.25) is 5.13 Å². The Morgan fingerprint density at radius 2 is 1.54 bits per heavy atom. The number of alkyl halides is 6. The van der Waals surface area contributed by atoms with E-state index in [0.717, 1.165) is 0 Å². The molecule has 1 heterocycles. The number of anilines is 1. The van der Waals surface area contributed by atoms with E-state index < -0.39 is 34.0 Å². The first-order valence-electron chi connectivity index (χ1n) is 6.03. The Bertz CT molecular complexity index is 714. The summed E-state index contributed by atoms with van der Waals surface area (Å²) < 4.78 is 76.2. The van der Waals surface area contributed by atoms with Crippen molar-refractivity contribution in [2.45, 2.75) is 18.0 Å². The van der Waals surface area contributed by atoms with Crippen LogP contribution in [-0.4, -0.2) is 33.6 Å². The van der Waals surface area contributed by atoms with E-state index in [2.05, 4.69) is 10.2 Å². The number of halogens is 6. The smallest absolute Gasteiger partial charge is 0.368 e. The summed E-state index contributed by atoms with van der Waals surface area (Å²) in [6.45, 7) is 0. The molecule has 1 aromatic carbocycles. The molecule has 0 unspecified atom stereocenters. The van der Waals surface area contributed by atoms with Gasteiger partial charge in [-0.15, -0.1) is 10.2 Å². The minimum atomic E-state index is -6.06. The van der Waals surface area contributed by atoms with Crippen molar-refractivity contribution in [2.75, 3.05) is 5.32 Å². The average molecular weight is 371 g/mol. The second-order valence-corrected chi connectivity index (χ2v) is 5.42. The number of hydrogen-bond donors (Lipinski definition) is 2. The number of benzene rings is 1. The van der Waals surface area contributed by atoms with Crippen molar-refractivity contribution in [1.29, 1.82) is 0 Å². The highest BCUT2D eigenvalue weighted by Gasteiger charge is 2.73. The molecule has 130 valence electrons. The van der Waals surface area contributed by atoms with Crippen LogP contribution in [0.3, 0.4) is 0 Å². The Balaban J connectivity index is 2.31. The molecule has 0 radical (unpaired) electrons. The third-order valence-corrected chi connectivity index (χ3v) is 3.76. The lowest BCUT2D eigenvalue weighted by molar-refractivity contribution is -0.376. The fourth-order valence-corrected chi connectivity index (χ4v) is 2.45. The Hall–Kier alpha value is -2.21. The van der Waals surface area contributed by atoms with E-state index >= 15 is 0 Å². The normalized spacial score (nSPS) is 13.0. The van der Waals surface area contributed by atoms with Crippen LogP contribution in [0.4, 0.5) is 31.5 Å². The van der Waals surface area contributed by atoms with Crippen molar-refractivity contribution in [3.8, 4) is 0 Å². The topological polar surface area (TPSA) is 75.1 Å². The molecule has 2 N–H and O–H groups in total. The summed E-state index contributed by atoms with van der Waals surface area (Å²) in [4.78, 5) is 11.8. The van der Waals surface area contributed by atoms with Crippen LogP contribution >= 0.6 is 11.3 Å². The van der Waals surface area contributed by atoms with E-state index in [1.807, 2.05) is 5.32 Å². The largest absolute Gasteiger partial charge is 0.433 e. The number of hydrogen-bond acceptors (Lipinski definition) is 5. The molecule has 24 heavy (non-hydrogen) atoms. The van der Waals surface area contributed by atoms with Crippen molar-refractivity contribution in [1.82, 2.24) is 10.2 Å². The van der Waals surface area contributed by atoms with Gasteiger partial charge in [-0.05, 0) is 12.1 Å². The summed E-state index contributed by atoms with van der Waals surface area (Å²) in [7, 11) is 0. The minimum Gasteiger partial charge on any atom is -0.368 e. The van der Waals surface area contributed by atoms with Gasteiger partial charge in [0.25, 0.3) is 5.91 Å². The summed E-state index contributed by atoms with van der Waals surface area (Å²) >= 11 is -0.228. The zero-order valence-corrected chi connectivity index (χ0v) is 12.1. The molecule has 2 rings (SSSR count). The number of carbonyl (C=O) groups excluding carboxylic acids is 1. The number of nitrogens with zero attached hydrogens (tertiary/aromatic N) is 2. The summed E-state index contributed by atoms with van der Waals surface area (Å²) in [5.41, 5.74) is -5.07. The van der Waals surface area contributed by atoms with Crippen LogP contribution in [0.2, 0.25) is 0 Å². The highest BCUT2D eigenvalue weighted by molar-refractivity contribution is 7.15. The van der Waals surface area contributed by atoms with Gasteiger partial charge in [-0.1, -0.05) is 29.5 Å². The zero-order chi connectivity index (χ0) is 18.2. The van der Waals surface area contributed by atoms with Crippen molar-refractivity contribution >= 4 is 22.4 Å². The predicted octanol–water partition coefficient (Wildman–Crippen LogP) is 3.10. The molecular formula is C12H7F6N3O2S. The van der Waals surface area contributed by atoms with Crippen molar-refractivity contribution in [2.24, 2.45) is 0 Å². The lowest BCUT2D eigenvalue weighted by Gasteiger charge is -2.29. The van der Waals surface area contributed by atoms with E-state index in [1.54, 1.807) is 6.07 Å². The van der Waals surface area contributed by atoms with E-state index in [4.69, 9.17) is 5.11 Å². The average Bonchev–Trinajstić information content (AvgIpc) is 2.93. The van der Waals surface area contributed by atoms with Gasteiger partial charge in [0.05, 0.1) is 0 Å². The summed E-state index contributed by atoms with van der Waals surface area (Å²) in [5.74, 6) is -0.805. The Morgan fingerprint density at radius 1 is 1.00 bits per heavy atom. The Morgan fingerprint density at radius 3 is 2.04 bits per heavy atom. The molecule has 1 amide bonds. The summed E-state index contributed by atoms with van der Waals surface area (Å²) in [6, 6.07) is 7.36. The Kier molecular flexibility index (Phi) is 4.55. The number of aromatic nitrogens is 2. The lowest BCUT2D eigenvalue weighted by atomic mass is 10.0. The molecule has 0 aliphatic carbocycles. The monoisotopic (exact) mass is 371 g/mol. The third-order valence-electron chi connectivity index (χ3n) is 2.81. The summed E-state index contributed by atoms with van der Waals surface area (Å²) in [5, 5.41) is 14.6. The molecule has 2 aromatic rings. The number of aliphatic hydroxyl groups is 1. The molecule has 0 spiro atoms. The van der Waals surface area contributed by atoms with Crippen LogP contribution in [0, 0.1) is 0 Å². The maximum absolute atomic E-state index is 12.7. The highest BCUT2D eigenvalue weighted by Crippen LogP contribution is 2.51. The molecular weight excluding hydrogens is 364 g/mol. The maximum Gasteiger partial charge on any atom is 0.433 e. The van der Waals surface area contributed by atoms with Crippen LogP contribution in [0.15, 0.2) is 30.3 Å². The predicted molar refractivity (Wildman–Crippen MR) is 70.3 cm³/mol. The van der Waals surface area contributed by atoms with Crippen LogP contribution in [0.1, 0.15) is 15.4 Å². The minimum absolute atomic E-state index is 0.108. The molecule has 0 atom stereocenters. The van der Waals surface area contributed by atoms with Crippen molar-refractivity contribution in [3.05, 3.63) is 40.9 Å². The number of rotatable bonds is 3. The SMILES string of the molecule is O=C(Nc1nnc(C(O)(C(F)(F)F)C(F)(F)F)s1)c1ccccc1. The van der Waals surface area contributed by atoms with Gasteiger partial charge in [-0.3, -0.25) is 10.1 Å². The number of amides is 1. The van der Waals surface area contributed by atoms with Crippen LogP contribution < -0.4 is 5.32 Å². The molecule has 0 fully saturated rings. The van der Waals surface area contributed by atoms with E-state index in [0.29, 0.717) is 0 Å². The van der Waals surface area contributed by atoms with Gasteiger partial charge in [0, 0.05) is 5.56 Å². The second kappa shape index (κ2) is 6.02. The zero-order valence-electron chi connectivity index (χ0n) is 11.3. The van der Waals surface area contributed by atoms with Gasteiger partial charge in [0.15, 0.2) is 5.01 Å². The van der Waals surface area contributed by atoms with Crippen LogP contribution in [0.25, 0.3) is 0 Å². The Labute approximate surface area is 133 Å². The number of carbonyl (C=O) groups is 1. The molecule has 0 saturated carbocycles. The van der Waals surface area contributed by atoms with Gasteiger partial charge in [-0.2, -0.15) is 26.3 Å². The van der Waals surface area contributed by atoms with Crippen molar-refractivity contribution < 1.29 is 36.2 Å². The lowest BCUT2D eigenvalue weighted by Crippen LogP contribution is -2.53. The second-order valence-electron chi connectivity index (χ2n) is 4.44. The summed E-state index contributed by atoms with van der Waals surface area (Å²) in [6.07, 6.45) is -12.1. The van der Waals surface area contributed by atoms with E-state index in [9.17, 15) is 31.1 Å². The molecule has 5 nitrogen and oxygen atoms in total. The maximum atomic E-state index is 12.7. The quantitative estimate of drug-likeness (QED) is 0.813. The van der Waals surface area contributed by atoms with Gasteiger partial charge < -0.3 is 5.11 Å². The number of nitrogens with one attached hydrogen (secondary N) is 1. The first-order chi connectivity index (χ1) is 11.0. The molecule has 12 heteroatoms. The standard InChI is InChI=1S/C12H7F6N3O2S/c13-11(14,15)10(23,12(16,17)18)8-20-21-9(24-8)19-7(22)6-4-2-1-3-5-6/h1-5,23H,(H,19,21,22). The first kappa shape index (κ1) is 18.1. The van der Waals surface area contributed by atoms with E-state index in [1.165, 1.54) is 24.3 Å². The van der Waals surface area contributed by atoms with Gasteiger partial charge in [0.1, 0.15) is 0 Å².